The number of rotatable bonds is 3. The largest absolute Gasteiger partial charge is 0.481 e. The number of para-hydroxylation sites is 1. The van der Waals surface area contributed by atoms with E-state index in [0.717, 1.165) is 75.1 Å². The topological polar surface area (TPSA) is 78.0 Å². The second-order valence-electron chi connectivity index (χ2n) is 10.5. The van der Waals surface area contributed by atoms with Gasteiger partial charge in [-0.2, -0.15) is 0 Å². The predicted molar refractivity (Wildman–Crippen MR) is 137 cm³/mol. The molecule has 1 spiro atoms. The van der Waals surface area contributed by atoms with E-state index in [0.29, 0.717) is 25.0 Å². The summed E-state index contributed by atoms with van der Waals surface area (Å²) in [4.78, 5) is 39.0. The number of amides is 2. The van der Waals surface area contributed by atoms with E-state index in [4.69, 9.17) is 4.74 Å². The van der Waals surface area contributed by atoms with Gasteiger partial charge in [0.05, 0.1) is 13.0 Å². The number of ether oxygens (including phenoxy) is 1. The molecule has 1 N–H and O–H groups in total. The van der Waals surface area contributed by atoms with Gasteiger partial charge in [-0.15, -0.1) is 0 Å². The second-order valence-corrected chi connectivity index (χ2v) is 10.5. The lowest BCUT2D eigenvalue weighted by molar-refractivity contribution is -0.138. The Balaban J connectivity index is 1.31. The third kappa shape index (κ3) is 3.69. The van der Waals surface area contributed by atoms with Gasteiger partial charge in [-0.05, 0) is 56.3 Å². The number of carbonyl (C=O) groups excluding carboxylic acids is 2. The fourth-order valence-corrected chi connectivity index (χ4v) is 7.06. The second kappa shape index (κ2) is 9.48. The van der Waals surface area contributed by atoms with Crippen molar-refractivity contribution in [3.05, 3.63) is 53.7 Å². The van der Waals surface area contributed by atoms with Crippen LogP contribution in [0, 0.1) is 5.92 Å². The van der Waals surface area contributed by atoms with Crippen LogP contribution in [0.2, 0.25) is 0 Å². The molecule has 2 aromatic rings. The van der Waals surface area contributed by atoms with Crippen molar-refractivity contribution in [2.45, 2.75) is 50.2 Å². The van der Waals surface area contributed by atoms with Crippen molar-refractivity contribution in [2.24, 2.45) is 5.92 Å². The summed E-state index contributed by atoms with van der Waals surface area (Å²) in [5, 5.41) is 3.22. The quantitative estimate of drug-likeness (QED) is 0.714. The maximum Gasteiger partial charge on any atom is 0.253 e. The molecule has 3 fully saturated rings. The maximum atomic E-state index is 14.4. The molecule has 6 rings (SSSR count). The number of aromatic nitrogens is 1. The van der Waals surface area contributed by atoms with Gasteiger partial charge < -0.3 is 15.0 Å². The van der Waals surface area contributed by atoms with Gasteiger partial charge in [-0.3, -0.25) is 19.4 Å². The summed E-state index contributed by atoms with van der Waals surface area (Å²) in [6, 6.07) is 12.5. The molecule has 36 heavy (non-hydrogen) atoms. The summed E-state index contributed by atoms with van der Waals surface area (Å²) in [6.45, 7) is 4.67. The van der Waals surface area contributed by atoms with E-state index >= 15 is 0 Å². The smallest absolute Gasteiger partial charge is 0.253 e. The summed E-state index contributed by atoms with van der Waals surface area (Å²) in [5.41, 5.74) is 2.29. The summed E-state index contributed by atoms with van der Waals surface area (Å²) in [7, 11) is 1.63. The van der Waals surface area contributed by atoms with E-state index in [2.05, 4.69) is 32.2 Å². The van der Waals surface area contributed by atoms with Crippen LogP contribution in [0.25, 0.3) is 0 Å². The summed E-state index contributed by atoms with van der Waals surface area (Å²) in [6.07, 6.45) is 6.43. The number of carbonyl (C=O) groups is 2. The number of hydrogen-bond donors (Lipinski definition) is 1. The highest BCUT2D eigenvalue weighted by molar-refractivity contribution is 6.10. The van der Waals surface area contributed by atoms with Crippen LogP contribution < -0.4 is 15.0 Å². The van der Waals surface area contributed by atoms with Crippen molar-refractivity contribution in [1.82, 2.24) is 20.1 Å². The molecule has 2 bridgehead atoms. The fraction of sp³-hybridized carbons (Fsp3) is 0.536. The Morgan fingerprint density at radius 2 is 1.94 bits per heavy atom. The molecule has 8 nitrogen and oxygen atoms in total. The molecule has 3 saturated heterocycles. The predicted octanol–water partition coefficient (Wildman–Crippen LogP) is 2.53. The lowest BCUT2D eigenvalue weighted by Crippen LogP contribution is -2.56. The Morgan fingerprint density at radius 3 is 2.83 bits per heavy atom. The van der Waals surface area contributed by atoms with E-state index in [1.165, 1.54) is 0 Å². The van der Waals surface area contributed by atoms with Gasteiger partial charge in [0, 0.05) is 62.3 Å². The van der Waals surface area contributed by atoms with Crippen molar-refractivity contribution in [3.63, 3.8) is 0 Å². The minimum absolute atomic E-state index is 0.0269. The molecule has 8 heteroatoms. The molecule has 190 valence electrons. The highest BCUT2D eigenvalue weighted by Crippen LogP contribution is 2.57. The molecule has 0 aliphatic carbocycles. The molecular weight excluding hydrogens is 454 g/mol. The number of fused-ring (bicyclic) bond motifs is 4. The van der Waals surface area contributed by atoms with E-state index in [-0.39, 0.29) is 17.7 Å². The summed E-state index contributed by atoms with van der Waals surface area (Å²) < 4.78 is 5.30. The number of nitrogens with zero attached hydrogens (tertiary/aromatic N) is 4. The molecule has 0 radical (unpaired) electrons. The SMILES string of the molecule is COc1cc(CN2CCCNC(=O)[C@@H]3C[C@@H]4CCCN4[C@@]34C(=O)N(CCC2)c2ccccc24)ccn1. The first-order chi connectivity index (χ1) is 17.6. The molecule has 1 aromatic heterocycles. The molecule has 4 aliphatic heterocycles. The van der Waals surface area contributed by atoms with Gasteiger partial charge in [0.2, 0.25) is 11.8 Å². The highest BCUT2D eigenvalue weighted by atomic mass is 16.5. The number of benzene rings is 1. The van der Waals surface area contributed by atoms with Crippen molar-refractivity contribution in [3.8, 4) is 5.88 Å². The summed E-state index contributed by atoms with van der Waals surface area (Å²) in [5.74, 6) is 0.390. The average Bonchev–Trinajstić information content (AvgIpc) is 3.55. The third-order valence-corrected chi connectivity index (χ3v) is 8.56. The van der Waals surface area contributed by atoms with Crippen LogP contribution in [0.5, 0.6) is 5.88 Å². The first-order valence-corrected chi connectivity index (χ1v) is 13.3. The van der Waals surface area contributed by atoms with Crippen LogP contribution in [-0.2, 0) is 21.7 Å². The molecule has 3 atom stereocenters. The van der Waals surface area contributed by atoms with Gasteiger partial charge in [-0.25, -0.2) is 4.98 Å². The standard InChI is InChI=1S/C28H35N5O3/c1-36-25-17-20(10-12-29-25)19-31-13-5-11-30-26(34)23-18-21-7-4-16-33(21)28(23)22-8-2-3-9-24(22)32(27(28)35)15-6-14-31/h2-3,8-10,12,17,21,23H,4-7,11,13-16,18-19H2,1H3,(H,30,34)/t21-,23-,28+/m0/s1. The fourth-order valence-electron chi connectivity index (χ4n) is 7.06. The van der Waals surface area contributed by atoms with Crippen LogP contribution in [0.4, 0.5) is 5.69 Å². The number of hydrogen-bond acceptors (Lipinski definition) is 6. The zero-order valence-corrected chi connectivity index (χ0v) is 21.0. The Morgan fingerprint density at radius 1 is 1.08 bits per heavy atom. The van der Waals surface area contributed by atoms with Gasteiger partial charge in [-0.1, -0.05) is 18.2 Å². The Kier molecular flexibility index (Phi) is 6.17. The lowest BCUT2D eigenvalue weighted by atomic mass is 9.78. The number of nitrogens with one attached hydrogen (secondary N) is 1. The van der Waals surface area contributed by atoms with Gasteiger partial charge >= 0.3 is 0 Å². The Bertz CT molecular complexity index is 1160. The van der Waals surface area contributed by atoms with Crippen LogP contribution in [0.3, 0.4) is 0 Å². The van der Waals surface area contributed by atoms with E-state index in [1.54, 1.807) is 13.3 Å². The first kappa shape index (κ1) is 23.4. The molecule has 5 heterocycles. The van der Waals surface area contributed by atoms with Gasteiger partial charge in [0.1, 0.15) is 5.54 Å². The van der Waals surface area contributed by atoms with Crippen LogP contribution in [-0.4, -0.2) is 72.5 Å². The minimum atomic E-state index is -0.858. The monoisotopic (exact) mass is 489 g/mol. The summed E-state index contributed by atoms with van der Waals surface area (Å²) >= 11 is 0. The number of anilines is 1. The molecule has 2 amide bonds. The van der Waals surface area contributed by atoms with Gasteiger partial charge in [0.15, 0.2) is 0 Å². The van der Waals surface area contributed by atoms with E-state index < -0.39 is 5.54 Å². The normalized spacial score (nSPS) is 29.0. The van der Waals surface area contributed by atoms with Crippen molar-refractivity contribution in [1.29, 1.82) is 0 Å². The zero-order chi connectivity index (χ0) is 24.7. The van der Waals surface area contributed by atoms with Crippen LogP contribution >= 0.6 is 0 Å². The average molecular weight is 490 g/mol. The van der Waals surface area contributed by atoms with Crippen LogP contribution in [0.15, 0.2) is 42.6 Å². The van der Waals surface area contributed by atoms with Crippen LogP contribution in [0.1, 0.15) is 43.2 Å². The van der Waals surface area contributed by atoms with Crippen molar-refractivity contribution >= 4 is 17.5 Å². The van der Waals surface area contributed by atoms with Crippen molar-refractivity contribution < 1.29 is 14.3 Å². The first-order valence-electron chi connectivity index (χ1n) is 13.3. The molecule has 1 aromatic carbocycles. The lowest BCUT2D eigenvalue weighted by Gasteiger charge is -2.37. The molecule has 0 unspecified atom stereocenters. The number of methoxy groups -OCH3 is 1. The van der Waals surface area contributed by atoms with E-state index in [1.807, 2.05) is 29.2 Å². The molecule has 4 aliphatic rings. The van der Waals surface area contributed by atoms with Gasteiger partial charge in [0.25, 0.3) is 5.91 Å². The van der Waals surface area contributed by atoms with Crippen molar-refractivity contribution in [2.75, 3.05) is 44.7 Å². The third-order valence-electron chi connectivity index (χ3n) is 8.56. The Labute approximate surface area is 212 Å². The number of pyridine rings is 1. The zero-order valence-electron chi connectivity index (χ0n) is 21.0. The molecular formula is C28H35N5O3. The highest BCUT2D eigenvalue weighted by Gasteiger charge is 2.66. The molecule has 0 saturated carbocycles. The maximum absolute atomic E-state index is 14.4. The Hall–Kier alpha value is -2.97. The van der Waals surface area contributed by atoms with E-state index in [9.17, 15) is 9.59 Å². The minimum Gasteiger partial charge on any atom is -0.481 e.